The van der Waals surface area contributed by atoms with Crippen LogP contribution in [-0.2, 0) is 0 Å². The summed E-state index contributed by atoms with van der Waals surface area (Å²) in [6, 6.07) is 8.51. The Bertz CT molecular complexity index is 765. The number of hydrogen-bond donors (Lipinski definition) is 0. The van der Waals surface area contributed by atoms with Gasteiger partial charge in [-0.3, -0.25) is 4.98 Å². The lowest BCUT2D eigenvalue weighted by atomic mass is 10.0. The van der Waals surface area contributed by atoms with Crippen molar-refractivity contribution < 1.29 is 0 Å². The van der Waals surface area contributed by atoms with Crippen molar-refractivity contribution in [3.63, 3.8) is 0 Å². The van der Waals surface area contributed by atoms with Gasteiger partial charge in [-0.05, 0) is 38.0 Å². The van der Waals surface area contributed by atoms with Crippen LogP contribution in [-0.4, -0.2) is 9.97 Å². The fraction of sp³-hybridized carbons (Fsp3) is 0.176. The third kappa shape index (κ3) is 3.14. The number of nitrogens with zero attached hydrogens (tertiary/aromatic N) is 2. The Morgan fingerprint density at radius 3 is 2.48 bits per heavy atom. The maximum absolute atomic E-state index is 4.78. The highest BCUT2D eigenvalue weighted by molar-refractivity contribution is 7.13. The average molecular weight is 317 g/mol. The van der Waals surface area contributed by atoms with Gasteiger partial charge in [0.2, 0.25) is 0 Å². The lowest BCUT2D eigenvalue weighted by Gasteiger charge is -2.04. The van der Waals surface area contributed by atoms with Crippen molar-refractivity contribution in [1.29, 1.82) is 0 Å². The fourth-order valence-electron chi connectivity index (χ4n) is 2.31. The van der Waals surface area contributed by atoms with Gasteiger partial charge in [0.25, 0.3) is 0 Å². The van der Waals surface area contributed by atoms with Crippen LogP contribution >= 0.6 is 23.7 Å². The number of pyridine rings is 1. The van der Waals surface area contributed by atoms with Crippen molar-refractivity contribution in [2.45, 2.75) is 20.8 Å². The van der Waals surface area contributed by atoms with E-state index >= 15 is 0 Å². The van der Waals surface area contributed by atoms with E-state index in [9.17, 15) is 0 Å². The minimum atomic E-state index is 0. The summed E-state index contributed by atoms with van der Waals surface area (Å²) < 4.78 is 0. The highest BCUT2D eigenvalue weighted by Crippen LogP contribution is 2.31. The topological polar surface area (TPSA) is 25.8 Å². The SMILES string of the molecule is Cc1ccc(-c2csc(-c3cnccc3C)n2)c(C)c1.Cl. The number of benzene rings is 1. The summed E-state index contributed by atoms with van der Waals surface area (Å²) in [6.45, 7) is 6.34. The summed E-state index contributed by atoms with van der Waals surface area (Å²) in [5.41, 5.74) is 7.13. The standard InChI is InChI=1S/C17H16N2S.ClH/c1-11-4-5-14(13(3)8-11)16-10-20-17(19-16)15-9-18-7-6-12(15)2;/h4-10H,1-3H3;1H. The minimum absolute atomic E-state index is 0. The van der Waals surface area contributed by atoms with E-state index in [-0.39, 0.29) is 12.4 Å². The molecule has 21 heavy (non-hydrogen) atoms. The average Bonchev–Trinajstić information content (AvgIpc) is 2.88. The van der Waals surface area contributed by atoms with Crippen LogP contribution in [0.5, 0.6) is 0 Å². The molecule has 0 N–H and O–H groups in total. The largest absolute Gasteiger partial charge is 0.264 e. The lowest BCUT2D eigenvalue weighted by Crippen LogP contribution is -1.87. The predicted molar refractivity (Wildman–Crippen MR) is 92.2 cm³/mol. The molecule has 0 aliphatic rings. The monoisotopic (exact) mass is 316 g/mol. The van der Waals surface area contributed by atoms with Crippen molar-refractivity contribution in [1.82, 2.24) is 9.97 Å². The van der Waals surface area contributed by atoms with E-state index in [0.29, 0.717) is 0 Å². The molecule has 2 heterocycles. The molecule has 0 aliphatic heterocycles. The maximum Gasteiger partial charge on any atom is 0.125 e. The second-order valence-electron chi connectivity index (χ2n) is 5.05. The molecule has 3 rings (SSSR count). The first-order valence-corrected chi connectivity index (χ1v) is 7.47. The van der Waals surface area contributed by atoms with Gasteiger partial charge >= 0.3 is 0 Å². The van der Waals surface area contributed by atoms with Crippen molar-refractivity contribution >= 4 is 23.7 Å². The zero-order valence-electron chi connectivity index (χ0n) is 12.3. The number of hydrogen-bond acceptors (Lipinski definition) is 3. The molecule has 0 saturated heterocycles. The molecule has 0 atom stereocenters. The van der Waals surface area contributed by atoms with Gasteiger partial charge in [-0.2, -0.15) is 0 Å². The molecule has 0 spiro atoms. The van der Waals surface area contributed by atoms with E-state index < -0.39 is 0 Å². The summed E-state index contributed by atoms with van der Waals surface area (Å²) in [5.74, 6) is 0. The number of halogens is 1. The Balaban J connectivity index is 0.00000161. The Labute approximate surface area is 135 Å². The summed E-state index contributed by atoms with van der Waals surface area (Å²) in [7, 11) is 0. The second kappa shape index (κ2) is 6.37. The van der Waals surface area contributed by atoms with E-state index in [2.05, 4.69) is 49.3 Å². The van der Waals surface area contributed by atoms with Crippen LogP contribution in [0.2, 0.25) is 0 Å². The van der Waals surface area contributed by atoms with Gasteiger partial charge in [0.1, 0.15) is 5.01 Å². The molecule has 2 aromatic heterocycles. The molecular weight excluding hydrogens is 300 g/mol. The smallest absolute Gasteiger partial charge is 0.125 e. The Morgan fingerprint density at radius 1 is 0.952 bits per heavy atom. The third-order valence-corrected chi connectivity index (χ3v) is 4.31. The van der Waals surface area contributed by atoms with Gasteiger partial charge in [-0.25, -0.2) is 4.98 Å². The molecule has 0 saturated carbocycles. The van der Waals surface area contributed by atoms with Crippen LogP contribution in [0.25, 0.3) is 21.8 Å². The van der Waals surface area contributed by atoms with Crippen LogP contribution in [0.3, 0.4) is 0 Å². The molecule has 1 aromatic carbocycles. The molecule has 2 nitrogen and oxygen atoms in total. The first kappa shape index (κ1) is 15.7. The number of rotatable bonds is 2. The van der Waals surface area contributed by atoms with Crippen molar-refractivity contribution in [2.24, 2.45) is 0 Å². The predicted octanol–water partition coefficient (Wildman–Crippen LogP) is 5.22. The lowest BCUT2D eigenvalue weighted by molar-refractivity contribution is 1.27. The van der Waals surface area contributed by atoms with E-state index in [1.807, 2.05) is 18.5 Å². The van der Waals surface area contributed by atoms with Crippen LogP contribution in [0.15, 0.2) is 42.0 Å². The van der Waals surface area contributed by atoms with Crippen molar-refractivity contribution in [3.05, 3.63) is 58.7 Å². The van der Waals surface area contributed by atoms with E-state index in [1.54, 1.807) is 11.3 Å². The van der Waals surface area contributed by atoms with Crippen molar-refractivity contribution in [3.8, 4) is 21.8 Å². The van der Waals surface area contributed by atoms with Crippen molar-refractivity contribution in [2.75, 3.05) is 0 Å². The molecule has 0 bridgehead atoms. The first-order chi connectivity index (χ1) is 9.65. The van der Waals surface area contributed by atoms with Gasteiger partial charge in [0.05, 0.1) is 5.69 Å². The van der Waals surface area contributed by atoms with Crippen LogP contribution in [0.1, 0.15) is 16.7 Å². The molecule has 0 fully saturated rings. The van der Waals surface area contributed by atoms with E-state index in [4.69, 9.17) is 4.98 Å². The van der Waals surface area contributed by atoms with Crippen LogP contribution in [0.4, 0.5) is 0 Å². The Kier molecular flexibility index (Phi) is 4.76. The summed E-state index contributed by atoms with van der Waals surface area (Å²) >= 11 is 1.67. The van der Waals surface area contributed by atoms with Gasteiger partial charge in [-0.15, -0.1) is 23.7 Å². The summed E-state index contributed by atoms with van der Waals surface area (Å²) in [6.07, 6.45) is 3.71. The molecule has 0 radical (unpaired) electrons. The molecule has 0 unspecified atom stereocenters. The van der Waals surface area contributed by atoms with Gasteiger partial charge < -0.3 is 0 Å². The molecular formula is C17H17ClN2S. The number of aryl methyl sites for hydroxylation is 3. The minimum Gasteiger partial charge on any atom is -0.264 e. The fourth-order valence-corrected chi connectivity index (χ4v) is 3.20. The molecule has 108 valence electrons. The highest BCUT2D eigenvalue weighted by atomic mass is 35.5. The zero-order valence-corrected chi connectivity index (χ0v) is 13.9. The maximum atomic E-state index is 4.78. The highest BCUT2D eigenvalue weighted by Gasteiger charge is 2.10. The number of aromatic nitrogens is 2. The zero-order chi connectivity index (χ0) is 14.1. The summed E-state index contributed by atoms with van der Waals surface area (Å²) in [4.78, 5) is 8.98. The molecule has 0 aliphatic carbocycles. The molecule has 3 aromatic rings. The van der Waals surface area contributed by atoms with Gasteiger partial charge in [-0.1, -0.05) is 23.8 Å². The molecule has 0 amide bonds. The quantitative estimate of drug-likeness (QED) is 0.648. The van der Waals surface area contributed by atoms with E-state index in [0.717, 1.165) is 16.3 Å². The summed E-state index contributed by atoms with van der Waals surface area (Å²) in [5, 5.41) is 3.16. The molecule has 4 heteroatoms. The van der Waals surface area contributed by atoms with Crippen LogP contribution in [0, 0.1) is 20.8 Å². The Morgan fingerprint density at radius 2 is 1.76 bits per heavy atom. The number of thiazole rings is 1. The Hall–Kier alpha value is -1.71. The normalized spacial score (nSPS) is 10.2. The van der Waals surface area contributed by atoms with Crippen LogP contribution < -0.4 is 0 Å². The van der Waals surface area contributed by atoms with Gasteiger partial charge in [0.15, 0.2) is 0 Å². The first-order valence-electron chi connectivity index (χ1n) is 6.59. The van der Waals surface area contributed by atoms with Gasteiger partial charge in [0, 0.05) is 28.9 Å². The third-order valence-electron chi connectivity index (χ3n) is 3.43. The van der Waals surface area contributed by atoms with E-state index in [1.165, 1.54) is 22.3 Å². The second-order valence-corrected chi connectivity index (χ2v) is 5.90.